The van der Waals surface area contributed by atoms with Crippen molar-refractivity contribution in [3.63, 3.8) is 0 Å². The normalized spacial score (nSPS) is 10.5. The van der Waals surface area contributed by atoms with Crippen LogP contribution in [0.25, 0.3) is 0 Å². The molecule has 2 aromatic carbocycles. The van der Waals surface area contributed by atoms with Gasteiger partial charge in [-0.05, 0) is 62.7 Å². The van der Waals surface area contributed by atoms with Crippen LogP contribution in [0.2, 0.25) is 0 Å². The van der Waals surface area contributed by atoms with E-state index in [2.05, 4.69) is 17.6 Å². The van der Waals surface area contributed by atoms with E-state index in [-0.39, 0.29) is 17.9 Å². The minimum absolute atomic E-state index is 0.0984. The molecule has 0 atom stereocenters. The highest BCUT2D eigenvalue weighted by atomic mass is 16.5. The third-order valence-electron chi connectivity index (χ3n) is 3.94. The molecule has 0 unspecified atom stereocenters. The van der Waals surface area contributed by atoms with Gasteiger partial charge >= 0.3 is 0 Å². The second-order valence-electron chi connectivity index (χ2n) is 6.69. The summed E-state index contributed by atoms with van der Waals surface area (Å²) in [5.74, 6) is 0.342. The van der Waals surface area contributed by atoms with Crippen LogP contribution in [-0.2, 0) is 0 Å². The summed E-state index contributed by atoms with van der Waals surface area (Å²) in [6.07, 6.45) is 3.25. The van der Waals surface area contributed by atoms with Crippen LogP contribution in [0.3, 0.4) is 0 Å². The molecule has 144 valence electrons. The Bertz CT molecular complexity index is 754. The lowest BCUT2D eigenvalue weighted by Gasteiger charge is -2.11. The van der Waals surface area contributed by atoms with Crippen molar-refractivity contribution < 1.29 is 14.3 Å². The van der Waals surface area contributed by atoms with Crippen molar-refractivity contribution in [1.29, 1.82) is 0 Å². The van der Waals surface area contributed by atoms with Crippen molar-refractivity contribution >= 4 is 17.5 Å². The standard InChI is InChI=1S/C22H28N2O3/c1-4-5-6-14-23-21(25)17-8-7-9-18(15-17)22(26)24-19-10-12-20(13-11-19)27-16(2)3/h7-13,15-16H,4-6,14H2,1-3H3,(H,23,25)(H,24,26). The third-order valence-corrected chi connectivity index (χ3v) is 3.94. The minimum Gasteiger partial charge on any atom is -0.491 e. The summed E-state index contributed by atoms with van der Waals surface area (Å²) >= 11 is 0. The number of rotatable bonds is 9. The number of ether oxygens (including phenoxy) is 1. The van der Waals surface area contributed by atoms with Crippen LogP contribution in [0.1, 0.15) is 60.7 Å². The summed E-state index contributed by atoms with van der Waals surface area (Å²) in [5.41, 5.74) is 1.60. The Balaban J connectivity index is 1.97. The van der Waals surface area contributed by atoms with Crippen molar-refractivity contribution in [3.05, 3.63) is 59.7 Å². The average molecular weight is 368 g/mol. The second-order valence-corrected chi connectivity index (χ2v) is 6.69. The van der Waals surface area contributed by atoms with Gasteiger partial charge < -0.3 is 15.4 Å². The molecule has 0 aliphatic carbocycles. The van der Waals surface area contributed by atoms with E-state index in [0.717, 1.165) is 25.0 Å². The van der Waals surface area contributed by atoms with E-state index in [0.29, 0.717) is 23.4 Å². The topological polar surface area (TPSA) is 67.4 Å². The first-order valence-electron chi connectivity index (χ1n) is 9.46. The molecular formula is C22H28N2O3. The maximum atomic E-state index is 12.5. The number of nitrogens with one attached hydrogen (secondary N) is 2. The molecular weight excluding hydrogens is 340 g/mol. The van der Waals surface area contributed by atoms with Crippen molar-refractivity contribution in [1.82, 2.24) is 5.32 Å². The molecule has 0 radical (unpaired) electrons. The van der Waals surface area contributed by atoms with Gasteiger partial charge in [-0.25, -0.2) is 0 Å². The molecule has 2 aromatic rings. The van der Waals surface area contributed by atoms with Crippen LogP contribution in [0, 0.1) is 0 Å². The number of benzene rings is 2. The second kappa shape index (κ2) is 10.4. The molecule has 27 heavy (non-hydrogen) atoms. The summed E-state index contributed by atoms with van der Waals surface area (Å²) in [4.78, 5) is 24.7. The lowest BCUT2D eigenvalue weighted by Crippen LogP contribution is -2.24. The highest BCUT2D eigenvalue weighted by Gasteiger charge is 2.11. The quantitative estimate of drug-likeness (QED) is 0.633. The fraction of sp³-hybridized carbons (Fsp3) is 0.364. The van der Waals surface area contributed by atoms with Crippen LogP contribution >= 0.6 is 0 Å². The molecule has 0 aliphatic rings. The number of carbonyl (C=O) groups excluding carboxylic acids is 2. The lowest BCUT2D eigenvalue weighted by atomic mass is 10.1. The Kier molecular flexibility index (Phi) is 7.86. The highest BCUT2D eigenvalue weighted by molar-refractivity contribution is 6.06. The number of anilines is 1. The summed E-state index contributed by atoms with van der Waals surface area (Å²) in [6.45, 7) is 6.69. The fourth-order valence-electron chi connectivity index (χ4n) is 2.57. The molecule has 2 amide bonds. The number of hydrogen-bond acceptors (Lipinski definition) is 3. The van der Waals surface area contributed by atoms with E-state index in [1.165, 1.54) is 0 Å². The minimum atomic E-state index is -0.256. The van der Waals surface area contributed by atoms with Crippen LogP contribution in [0.4, 0.5) is 5.69 Å². The Morgan fingerprint density at radius 3 is 2.26 bits per heavy atom. The van der Waals surface area contributed by atoms with E-state index in [9.17, 15) is 9.59 Å². The van der Waals surface area contributed by atoms with Crippen LogP contribution < -0.4 is 15.4 Å². The zero-order chi connectivity index (χ0) is 19.6. The van der Waals surface area contributed by atoms with Gasteiger partial charge in [0.1, 0.15) is 5.75 Å². The Labute approximate surface area is 161 Å². The van der Waals surface area contributed by atoms with Crippen LogP contribution in [0.15, 0.2) is 48.5 Å². The first-order chi connectivity index (χ1) is 13.0. The summed E-state index contributed by atoms with van der Waals surface area (Å²) in [6, 6.07) is 13.9. The van der Waals surface area contributed by atoms with E-state index in [1.54, 1.807) is 36.4 Å². The summed E-state index contributed by atoms with van der Waals surface area (Å²) in [5, 5.41) is 5.73. The molecule has 0 aromatic heterocycles. The van der Waals surface area contributed by atoms with Gasteiger partial charge in [0.15, 0.2) is 0 Å². The summed E-state index contributed by atoms with van der Waals surface area (Å²) in [7, 11) is 0. The van der Waals surface area contributed by atoms with Crippen molar-refractivity contribution in [2.45, 2.75) is 46.1 Å². The molecule has 0 fully saturated rings. The van der Waals surface area contributed by atoms with Gasteiger partial charge in [-0.15, -0.1) is 0 Å². The smallest absolute Gasteiger partial charge is 0.255 e. The molecule has 0 heterocycles. The van der Waals surface area contributed by atoms with Crippen molar-refractivity contribution in [2.75, 3.05) is 11.9 Å². The molecule has 0 bridgehead atoms. The van der Waals surface area contributed by atoms with Crippen molar-refractivity contribution in [3.8, 4) is 5.75 Å². The number of hydrogen-bond donors (Lipinski definition) is 2. The predicted octanol–water partition coefficient (Wildman–Crippen LogP) is 4.65. The first kappa shape index (κ1) is 20.5. The van der Waals surface area contributed by atoms with Gasteiger partial charge in [0.25, 0.3) is 11.8 Å². The number of carbonyl (C=O) groups is 2. The monoisotopic (exact) mass is 368 g/mol. The van der Waals surface area contributed by atoms with E-state index >= 15 is 0 Å². The maximum absolute atomic E-state index is 12.5. The summed E-state index contributed by atoms with van der Waals surface area (Å²) < 4.78 is 5.59. The average Bonchev–Trinajstić information content (AvgIpc) is 2.66. The van der Waals surface area contributed by atoms with E-state index in [1.807, 2.05) is 26.0 Å². The maximum Gasteiger partial charge on any atom is 0.255 e. The first-order valence-corrected chi connectivity index (χ1v) is 9.46. The fourth-order valence-corrected chi connectivity index (χ4v) is 2.57. The molecule has 5 nitrogen and oxygen atoms in total. The highest BCUT2D eigenvalue weighted by Crippen LogP contribution is 2.18. The Hall–Kier alpha value is -2.82. The zero-order valence-corrected chi connectivity index (χ0v) is 16.2. The molecule has 0 saturated carbocycles. The molecule has 0 aliphatic heterocycles. The zero-order valence-electron chi connectivity index (χ0n) is 16.2. The number of amides is 2. The van der Waals surface area contributed by atoms with Gasteiger partial charge in [-0.2, -0.15) is 0 Å². The SMILES string of the molecule is CCCCCNC(=O)c1cccc(C(=O)Nc2ccc(OC(C)C)cc2)c1. The van der Waals surface area contributed by atoms with Crippen LogP contribution in [0.5, 0.6) is 5.75 Å². The van der Waals surface area contributed by atoms with Gasteiger partial charge in [0.2, 0.25) is 0 Å². The molecule has 2 N–H and O–H groups in total. The number of unbranched alkanes of at least 4 members (excludes halogenated alkanes) is 2. The van der Waals surface area contributed by atoms with Gasteiger partial charge in [0.05, 0.1) is 6.10 Å². The van der Waals surface area contributed by atoms with Gasteiger partial charge in [-0.3, -0.25) is 9.59 Å². The van der Waals surface area contributed by atoms with Crippen molar-refractivity contribution in [2.24, 2.45) is 0 Å². The predicted molar refractivity (Wildman–Crippen MR) is 108 cm³/mol. The van der Waals surface area contributed by atoms with Crippen LogP contribution in [-0.4, -0.2) is 24.5 Å². The van der Waals surface area contributed by atoms with E-state index < -0.39 is 0 Å². The largest absolute Gasteiger partial charge is 0.491 e. The Morgan fingerprint density at radius 1 is 0.963 bits per heavy atom. The Morgan fingerprint density at radius 2 is 1.63 bits per heavy atom. The lowest BCUT2D eigenvalue weighted by molar-refractivity contribution is 0.0953. The molecule has 2 rings (SSSR count). The molecule has 0 spiro atoms. The van der Waals surface area contributed by atoms with Gasteiger partial charge in [-0.1, -0.05) is 25.8 Å². The van der Waals surface area contributed by atoms with Gasteiger partial charge in [0, 0.05) is 23.4 Å². The van der Waals surface area contributed by atoms with E-state index in [4.69, 9.17) is 4.74 Å². The molecule has 5 heteroatoms. The third kappa shape index (κ3) is 6.77. The molecule has 0 saturated heterocycles.